The van der Waals surface area contributed by atoms with E-state index in [1.54, 1.807) is 7.11 Å². The second kappa shape index (κ2) is 6.92. The second-order valence-electron chi connectivity index (χ2n) is 3.80. The molecule has 0 amide bonds. The van der Waals surface area contributed by atoms with E-state index >= 15 is 0 Å². The summed E-state index contributed by atoms with van der Waals surface area (Å²) in [6.45, 7) is 5.43. The molecule has 1 atom stereocenters. The molecule has 0 aliphatic rings. The smallest absolute Gasteiger partial charge is 0.120 e. The Hall–Kier alpha value is -0.540. The first-order valence-electron chi connectivity index (χ1n) is 5.79. The molecule has 1 aromatic rings. The van der Waals surface area contributed by atoms with Crippen molar-refractivity contribution in [2.24, 2.45) is 0 Å². The quantitative estimate of drug-likeness (QED) is 0.856. The van der Waals surface area contributed by atoms with Crippen molar-refractivity contribution in [3.05, 3.63) is 28.2 Å². The fraction of sp³-hybridized carbons (Fsp3) is 0.538. The molecule has 90 valence electrons. The van der Waals surface area contributed by atoms with Crippen LogP contribution in [0.25, 0.3) is 0 Å². The Morgan fingerprint density at radius 3 is 2.62 bits per heavy atom. The van der Waals surface area contributed by atoms with Crippen LogP contribution in [0.3, 0.4) is 0 Å². The summed E-state index contributed by atoms with van der Waals surface area (Å²) in [6, 6.07) is 6.57. The zero-order valence-corrected chi connectivity index (χ0v) is 11.8. The maximum atomic E-state index is 5.19. The van der Waals surface area contributed by atoms with Gasteiger partial charge < -0.3 is 10.1 Å². The maximum Gasteiger partial charge on any atom is 0.120 e. The van der Waals surface area contributed by atoms with Gasteiger partial charge in [-0.05, 0) is 37.1 Å². The fourth-order valence-electron chi connectivity index (χ4n) is 1.71. The number of methoxy groups -OCH3 is 1. The summed E-state index contributed by atoms with van der Waals surface area (Å²) in [7, 11) is 1.69. The van der Waals surface area contributed by atoms with Crippen LogP contribution in [-0.4, -0.2) is 13.7 Å². The van der Waals surface area contributed by atoms with Gasteiger partial charge in [0, 0.05) is 10.5 Å². The van der Waals surface area contributed by atoms with Crippen LogP contribution >= 0.6 is 15.9 Å². The minimum absolute atomic E-state index is 0.417. The van der Waals surface area contributed by atoms with E-state index in [0.717, 1.165) is 29.6 Å². The van der Waals surface area contributed by atoms with Crippen LogP contribution in [0, 0.1) is 0 Å². The number of halogens is 1. The third-order valence-electron chi connectivity index (χ3n) is 2.63. The van der Waals surface area contributed by atoms with Crippen LogP contribution in [-0.2, 0) is 0 Å². The van der Waals surface area contributed by atoms with Crippen LogP contribution in [0.15, 0.2) is 22.7 Å². The van der Waals surface area contributed by atoms with Gasteiger partial charge in [0.05, 0.1) is 7.11 Å². The first-order valence-corrected chi connectivity index (χ1v) is 6.59. The van der Waals surface area contributed by atoms with Crippen LogP contribution in [0.4, 0.5) is 0 Å². The largest absolute Gasteiger partial charge is 0.497 e. The highest BCUT2D eigenvalue weighted by Gasteiger charge is 2.12. The lowest BCUT2D eigenvalue weighted by atomic mass is 10.0. The normalized spacial score (nSPS) is 12.5. The Morgan fingerprint density at radius 2 is 2.12 bits per heavy atom. The summed E-state index contributed by atoms with van der Waals surface area (Å²) in [5.41, 5.74) is 1.30. The van der Waals surface area contributed by atoms with E-state index < -0.39 is 0 Å². The predicted molar refractivity (Wildman–Crippen MR) is 72.0 cm³/mol. The third-order valence-corrected chi connectivity index (χ3v) is 3.32. The monoisotopic (exact) mass is 285 g/mol. The van der Waals surface area contributed by atoms with Crippen molar-refractivity contribution >= 4 is 15.9 Å². The Morgan fingerprint density at radius 1 is 1.38 bits per heavy atom. The van der Waals surface area contributed by atoms with Crippen molar-refractivity contribution in [3.63, 3.8) is 0 Å². The molecule has 1 unspecified atom stereocenters. The molecular weight excluding hydrogens is 266 g/mol. The number of rotatable bonds is 6. The molecule has 1 N–H and O–H groups in total. The molecule has 1 rings (SSSR count). The topological polar surface area (TPSA) is 21.3 Å². The Kier molecular flexibility index (Phi) is 5.85. The summed E-state index contributed by atoms with van der Waals surface area (Å²) in [6.07, 6.45) is 2.25. The average molecular weight is 286 g/mol. The van der Waals surface area contributed by atoms with Crippen LogP contribution in [0.1, 0.15) is 38.3 Å². The van der Waals surface area contributed by atoms with Gasteiger partial charge >= 0.3 is 0 Å². The molecule has 2 nitrogen and oxygen atoms in total. The molecule has 0 spiro atoms. The van der Waals surface area contributed by atoms with Gasteiger partial charge in [0.2, 0.25) is 0 Å². The van der Waals surface area contributed by atoms with E-state index in [-0.39, 0.29) is 0 Å². The number of hydrogen-bond acceptors (Lipinski definition) is 2. The number of nitrogens with one attached hydrogen (secondary N) is 1. The van der Waals surface area contributed by atoms with Crippen molar-refractivity contribution in [2.75, 3.05) is 13.7 Å². The van der Waals surface area contributed by atoms with Crippen molar-refractivity contribution in [3.8, 4) is 5.75 Å². The van der Waals surface area contributed by atoms with Gasteiger partial charge in [0.15, 0.2) is 0 Å². The Bertz CT molecular complexity index is 328. The zero-order valence-electron chi connectivity index (χ0n) is 10.2. The summed E-state index contributed by atoms with van der Waals surface area (Å²) in [5.74, 6) is 0.890. The highest BCUT2D eigenvalue weighted by molar-refractivity contribution is 9.10. The van der Waals surface area contributed by atoms with E-state index in [1.807, 2.05) is 12.1 Å². The van der Waals surface area contributed by atoms with Crippen molar-refractivity contribution in [1.29, 1.82) is 0 Å². The third kappa shape index (κ3) is 3.49. The number of benzene rings is 1. The molecule has 1 aromatic carbocycles. The van der Waals surface area contributed by atoms with Gasteiger partial charge in [-0.15, -0.1) is 0 Å². The summed E-state index contributed by atoms with van der Waals surface area (Å²) in [5, 5.41) is 3.54. The van der Waals surface area contributed by atoms with Gasteiger partial charge in [0.1, 0.15) is 5.75 Å². The summed E-state index contributed by atoms with van der Waals surface area (Å²) < 4.78 is 6.31. The molecule has 0 saturated carbocycles. The number of hydrogen-bond donors (Lipinski definition) is 1. The lowest BCUT2D eigenvalue weighted by molar-refractivity contribution is 0.413. The first-order chi connectivity index (χ1) is 7.72. The highest BCUT2D eigenvalue weighted by atomic mass is 79.9. The van der Waals surface area contributed by atoms with Crippen LogP contribution < -0.4 is 10.1 Å². The molecule has 0 bridgehead atoms. The van der Waals surface area contributed by atoms with Gasteiger partial charge in [-0.25, -0.2) is 0 Å². The Balaban J connectivity index is 2.83. The minimum atomic E-state index is 0.417. The molecule has 16 heavy (non-hydrogen) atoms. The molecule has 0 radical (unpaired) electrons. The van der Waals surface area contributed by atoms with Gasteiger partial charge in [0.25, 0.3) is 0 Å². The van der Waals surface area contributed by atoms with Crippen LogP contribution in [0.2, 0.25) is 0 Å². The zero-order chi connectivity index (χ0) is 12.0. The lowest BCUT2D eigenvalue weighted by Crippen LogP contribution is -2.21. The van der Waals surface area contributed by atoms with E-state index in [2.05, 4.69) is 41.2 Å². The van der Waals surface area contributed by atoms with Gasteiger partial charge in [-0.3, -0.25) is 0 Å². The lowest BCUT2D eigenvalue weighted by Gasteiger charge is -2.19. The summed E-state index contributed by atoms with van der Waals surface area (Å²) in [4.78, 5) is 0. The minimum Gasteiger partial charge on any atom is -0.497 e. The molecular formula is C13H20BrNO. The Labute approximate surface area is 107 Å². The van der Waals surface area contributed by atoms with Crippen molar-refractivity contribution in [1.82, 2.24) is 5.32 Å². The van der Waals surface area contributed by atoms with E-state index in [0.29, 0.717) is 6.04 Å². The first kappa shape index (κ1) is 13.5. The standard InChI is InChI=1S/C13H20BrNO/c1-4-8-15-13(5-2)11-7-6-10(16-3)9-12(11)14/h6-7,9,13,15H,4-5,8H2,1-3H3. The SMILES string of the molecule is CCCNC(CC)c1ccc(OC)cc1Br. The van der Waals surface area contributed by atoms with Crippen molar-refractivity contribution in [2.45, 2.75) is 32.7 Å². The van der Waals surface area contributed by atoms with Gasteiger partial charge in [-0.1, -0.05) is 35.8 Å². The fourth-order valence-corrected chi connectivity index (χ4v) is 2.34. The molecule has 0 heterocycles. The van der Waals surface area contributed by atoms with E-state index in [9.17, 15) is 0 Å². The van der Waals surface area contributed by atoms with E-state index in [1.165, 1.54) is 5.56 Å². The molecule has 0 aromatic heterocycles. The average Bonchev–Trinajstić information content (AvgIpc) is 2.31. The van der Waals surface area contributed by atoms with Gasteiger partial charge in [-0.2, -0.15) is 0 Å². The molecule has 0 fully saturated rings. The molecule has 0 aliphatic carbocycles. The molecule has 0 saturated heterocycles. The second-order valence-corrected chi connectivity index (χ2v) is 4.66. The van der Waals surface area contributed by atoms with Crippen molar-refractivity contribution < 1.29 is 4.74 Å². The van der Waals surface area contributed by atoms with E-state index in [4.69, 9.17) is 4.74 Å². The molecule has 0 aliphatic heterocycles. The molecule has 3 heteroatoms. The predicted octanol–water partition coefficient (Wildman–Crippen LogP) is 3.91. The summed E-state index contributed by atoms with van der Waals surface area (Å²) >= 11 is 3.60. The highest BCUT2D eigenvalue weighted by Crippen LogP contribution is 2.29. The van der Waals surface area contributed by atoms with Crippen LogP contribution in [0.5, 0.6) is 5.75 Å². The number of ether oxygens (including phenoxy) is 1. The maximum absolute atomic E-state index is 5.19.